The number of hydrogen-bond acceptors (Lipinski definition) is 7. The van der Waals surface area contributed by atoms with Gasteiger partial charge in [-0.2, -0.15) is 0 Å². The van der Waals surface area contributed by atoms with Crippen molar-refractivity contribution in [1.82, 2.24) is 9.88 Å². The first-order valence-electron chi connectivity index (χ1n) is 8.15. The van der Waals surface area contributed by atoms with Crippen LogP contribution in [0.4, 0.5) is 5.82 Å². The minimum Gasteiger partial charge on any atom is -0.473 e. The Balaban J connectivity index is 1.93. The summed E-state index contributed by atoms with van der Waals surface area (Å²) in [5.41, 5.74) is 0. The van der Waals surface area contributed by atoms with Crippen LogP contribution in [0.15, 0.2) is 18.3 Å². The largest absolute Gasteiger partial charge is 0.473 e. The molecule has 1 aliphatic rings. The van der Waals surface area contributed by atoms with E-state index in [-0.39, 0.29) is 23.5 Å². The van der Waals surface area contributed by atoms with Crippen molar-refractivity contribution < 1.29 is 24.0 Å². The van der Waals surface area contributed by atoms with Crippen molar-refractivity contribution in [2.75, 3.05) is 19.7 Å². The molecule has 9 heteroatoms. The van der Waals surface area contributed by atoms with E-state index >= 15 is 0 Å². The molecule has 2 heterocycles. The van der Waals surface area contributed by atoms with Gasteiger partial charge in [0.05, 0.1) is 12.5 Å². The molecule has 136 valence electrons. The quantitative estimate of drug-likeness (QED) is 0.434. The maximum absolute atomic E-state index is 12.5. The highest BCUT2D eigenvalue weighted by Crippen LogP contribution is 2.25. The normalized spacial score (nSPS) is 16.2. The second-order valence-corrected chi connectivity index (χ2v) is 5.69. The minimum atomic E-state index is -0.887. The summed E-state index contributed by atoms with van der Waals surface area (Å²) in [6.07, 6.45) is 1.47. The molecule has 2 rings (SSSR count). The number of rotatable bonds is 6. The molecule has 1 aliphatic heterocycles. The Labute approximate surface area is 145 Å². The van der Waals surface area contributed by atoms with E-state index in [2.05, 4.69) is 4.98 Å². The van der Waals surface area contributed by atoms with Crippen LogP contribution in [0.25, 0.3) is 0 Å². The van der Waals surface area contributed by atoms with Crippen molar-refractivity contribution in [3.05, 3.63) is 28.4 Å². The highest BCUT2D eigenvalue weighted by Gasteiger charge is 2.31. The average Bonchev–Trinajstić information content (AvgIpc) is 2.61. The van der Waals surface area contributed by atoms with Gasteiger partial charge in [-0.25, -0.2) is 0 Å². The van der Waals surface area contributed by atoms with E-state index in [1.165, 1.54) is 25.3 Å². The fourth-order valence-electron chi connectivity index (χ4n) is 2.70. The Morgan fingerprint density at radius 3 is 2.72 bits per heavy atom. The molecule has 1 aromatic heterocycles. The van der Waals surface area contributed by atoms with Crippen molar-refractivity contribution in [2.24, 2.45) is 5.92 Å². The molecule has 0 aromatic carbocycles. The summed E-state index contributed by atoms with van der Waals surface area (Å²) >= 11 is 0. The highest BCUT2D eigenvalue weighted by molar-refractivity contribution is 5.81. The predicted molar refractivity (Wildman–Crippen MR) is 86.9 cm³/mol. The number of piperidine rings is 1. The Kier molecular flexibility index (Phi) is 6.26. The first kappa shape index (κ1) is 18.6. The smallest absolute Gasteiger partial charge is 0.406 e. The third-order valence-electron chi connectivity index (χ3n) is 4.00. The molecule has 0 aliphatic carbocycles. The number of ether oxygens (including phenoxy) is 2. The molecule has 1 atom stereocenters. The highest BCUT2D eigenvalue weighted by atomic mass is 16.6. The van der Waals surface area contributed by atoms with Crippen molar-refractivity contribution in [1.29, 1.82) is 0 Å². The van der Waals surface area contributed by atoms with E-state index in [1.54, 1.807) is 11.8 Å². The number of pyridine rings is 1. The van der Waals surface area contributed by atoms with E-state index in [0.717, 1.165) is 0 Å². The third kappa shape index (κ3) is 4.65. The second-order valence-electron chi connectivity index (χ2n) is 5.69. The first-order chi connectivity index (χ1) is 11.9. The number of likely N-dealkylation sites (tertiary alicyclic amines) is 1. The number of aromatic nitrogens is 1. The SMILES string of the molecule is CCOC(=O)C1CCN(C(=O)C(C)Oc2cccnc2[N+](=O)[O-])CC1. The van der Waals surface area contributed by atoms with Gasteiger partial charge in [0, 0.05) is 13.1 Å². The van der Waals surface area contributed by atoms with E-state index in [1.807, 2.05) is 0 Å². The fourth-order valence-corrected chi connectivity index (χ4v) is 2.70. The van der Waals surface area contributed by atoms with Gasteiger partial charge in [0.1, 0.15) is 6.20 Å². The summed E-state index contributed by atoms with van der Waals surface area (Å²) in [4.78, 5) is 39.8. The summed E-state index contributed by atoms with van der Waals surface area (Å²) < 4.78 is 10.4. The van der Waals surface area contributed by atoms with E-state index < -0.39 is 16.8 Å². The number of amides is 1. The van der Waals surface area contributed by atoms with Crippen LogP contribution < -0.4 is 4.74 Å². The van der Waals surface area contributed by atoms with E-state index in [4.69, 9.17) is 9.47 Å². The van der Waals surface area contributed by atoms with Gasteiger partial charge in [-0.1, -0.05) is 0 Å². The molecule has 0 saturated carbocycles. The van der Waals surface area contributed by atoms with Crippen LogP contribution in [0.3, 0.4) is 0 Å². The molecule has 0 bridgehead atoms. The lowest BCUT2D eigenvalue weighted by Crippen LogP contribution is -2.46. The van der Waals surface area contributed by atoms with E-state index in [9.17, 15) is 19.7 Å². The van der Waals surface area contributed by atoms with Crippen molar-refractivity contribution in [2.45, 2.75) is 32.8 Å². The topological polar surface area (TPSA) is 112 Å². The number of esters is 1. The lowest BCUT2D eigenvalue weighted by atomic mass is 9.97. The molecule has 1 amide bonds. The molecule has 1 aromatic rings. The Hall–Kier alpha value is -2.71. The molecule has 9 nitrogen and oxygen atoms in total. The van der Waals surface area contributed by atoms with Crippen LogP contribution in [-0.4, -0.2) is 52.5 Å². The number of carbonyl (C=O) groups excluding carboxylic acids is 2. The van der Waals surface area contributed by atoms with Crippen molar-refractivity contribution in [3.8, 4) is 5.75 Å². The van der Waals surface area contributed by atoms with Gasteiger partial charge in [0.25, 0.3) is 5.91 Å². The van der Waals surface area contributed by atoms with Crippen LogP contribution in [0.1, 0.15) is 26.7 Å². The minimum absolute atomic E-state index is 0.0465. The van der Waals surface area contributed by atoms with Crippen LogP contribution in [0, 0.1) is 16.0 Å². The van der Waals surface area contributed by atoms with Crippen LogP contribution >= 0.6 is 0 Å². The third-order valence-corrected chi connectivity index (χ3v) is 4.00. The zero-order valence-electron chi connectivity index (χ0n) is 14.2. The summed E-state index contributed by atoms with van der Waals surface area (Å²) in [6.45, 7) is 4.48. The molecular weight excluding hydrogens is 330 g/mol. The summed E-state index contributed by atoms with van der Waals surface area (Å²) in [7, 11) is 0. The standard InChI is InChI=1S/C16H21N3O6/c1-3-24-16(21)12-6-9-18(10-7-12)15(20)11(2)25-13-5-4-8-17-14(13)19(22)23/h4-5,8,11-12H,3,6-7,9-10H2,1-2H3. The van der Waals surface area contributed by atoms with Crippen molar-refractivity contribution in [3.63, 3.8) is 0 Å². The molecule has 1 unspecified atom stereocenters. The fraction of sp³-hybridized carbons (Fsp3) is 0.562. The summed E-state index contributed by atoms with van der Waals surface area (Å²) in [6, 6.07) is 2.91. The molecular formula is C16H21N3O6. The van der Waals surface area contributed by atoms with E-state index in [0.29, 0.717) is 32.5 Å². The van der Waals surface area contributed by atoms with Crippen molar-refractivity contribution >= 4 is 17.7 Å². The van der Waals surface area contributed by atoms with Crippen LogP contribution in [-0.2, 0) is 14.3 Å². The molecule has 0 spiro atoms. The maximum atomic E-state index is 12.5. The van der Waals surface area contributed by atoms with Gasteiger partial charge in [0.2, 0.25) is 5.75 Å². The Morgan fingerprint density at radius 2 is 2.12 bits per heavy atom. The Bertz CT molecular complexity index is 643. The number of nitro groups is 1. The monoisotopic (exact) mass is 351 g/mol. The zero-order valence-corrected chi connectivity index (χ0v) is 14.2. The summed E-state index contributed by atoms with van der Waals surface area (Å²) in [5, 5.41) is 11.0. The molecule has 25 heavy (non-hydrogen) atoms. The van der Waals surface area contributed by atoms with Gasteiger partial charge < -0.3 is 24.5 Å². The second kappa shape index (κ2) is 8.41. The predicted octanol–water partition coefficient (Wildman–Crippen LogP) is 1.56. The molecule has 1 saturated heterocycles. The maximum Gasteiger partial charge on any atom is 0.406 e. The lowest BCUT2D eigenvalue weighted by Gasteiger charge is -2.32. The molecule has 0 N–H and O–H groups in total. The van der Waals surface area contributed by atoms with Crippen LogP contribution in [0.2, 0.25) is 0 Å². The van der Waals surface area contributed by atoms with Gasteiger partial charge in [-0.15, -0.1) is 0 Å². The zero-order chi connectivity index (χ0) is 18.4. The Morgan fingerprint density at radius 1 is 1.44 bits per heavy atom. The number of nitrogens with zero attached hydrogens (tertiary/aromatic N) is 3. The number of carbonyl (C=O) groups is 2. The summed E-state index contributed by atoms with van der Waals surface area (Å²) in [5.74, 6) is -1.18. The van der Waals surface area contributed by atoms with Gasteiger partial charge in [-0.3, -0.25) is 9.59 Å². The number of hydrogen-bond donors (Lipinski definition) is 0. The molecule has 0 radical (unpaired) electrons. The molecule has 1 fully saturated rings. The van der Waals surface area contributed by atoms with Gasteiger partial charge in [0.15, 0.2) is 6.10 Å². The van der Waals surface area contributed by atoms with Gasteiger partial charge in [-0.05, 0) is 48.7 Å². The average molecular weight is 351 g/mol. The van der Waals surface area contributed by atoms with Gasteiger partial charge >= 0.3 is 11.8 Å². The lowest BCUT2D eigenvalue weighted by molar-refractivity contribution is -0.390. The van der Waals surface area contributed by atoms with Crippen LogP contribution in [0.5, 0.6) is 5.75 Å². The first-order valence-corrected chi connectivity index (χ1v) is 8.15.